The zero-order valence-electron chi connectivity index (χ0n) is 14.0. The minimum atomic E-state index is -5.12. The smallest absolute Gasteiger partial charge is 0.374 e. The van der Waals surface area contributed by atoms with Crippen LogP contribution >= 0.6 is 0 Å². The van der Waals surface area contributed by atoms with Crippen LogP contribution in [0.2, 0.25) is 0 Å². The fourth-order valence-electron chi connectivity index (χ4n) is 1.47. The summed E-state index contributed by atoms with van der Waals surface area (Å²) >= 11 is 0. The summed E-state index contributed by atoms with van der Waals surface area (Å²) in [6, 6.07) is 0. The third kappa shape index (κ3) is 16.9. The van der Waals surface area contributed by atoms with E-state index in [9.17, 15) is 16.8 Å². The van der Waals surface area contributed by atoms with E-state index in [0.29, 0.717) is 0 Å². The van der Waals surface area contributed by atoms with Crippen LogP contribution in [0.3, 0.4) is 0 Å². The molecular formula is C13H23N3O7S2. The SMILES string of the molecule is CCCCN1C=CC=CC1.Cn1ccnc1.O=S(=O)(O)OS(=O)(=O)O. The van der Waals surface area contributed by atoms with Gasteiger partial charge < -0.3 is 9.47 Å². The summed E-state index contributed by atoms with van der Waals surface area (Å²) in [6.07, 6.45) is 16.5. The van der Waals surface area contributed by atoms with E-state index in [1.165, 1.54) is 19.4 Å². The van der Waals surface area contributed by atoms with Gasteiger partial charge in [0.15, 0.2) is 0 Å². The molecule has 0 radical (unpaired) electrons. The topological polar surface area (TPSA) is 139 Å². The Labute approximate surface area is 148 Å². The first-order valence-electron chi connectivity index (χ1n) is 7.18. The van der Waals surface area contributed by atoms with Crippen molar-refractivity contribution in [3.8, 4) is 0 Å². The van der Waals surface area contributed by atoms with Crippen molar-refractivity contribution in [1.82, 2.24) is 14.5 Å². The highest BCUT2D eigenvalue weighted by molar-refractivity contribution is 7.94. The molecule has 0 saturated carbocycles. The molecule has 12 heteroatoms. The standard InChI is InChI=1S/C9H15N.C4H6N2.H2O7S2/c1-2-3-7-10-8-5-4-6-9-10;1-6-3-2-5-4-6;1-8(2,3)7-9(4,5)6/h4-6,8H,2-3,7,9H2,1H3;2-4H,1H3;(H,1,2,3)(H,4,5,6). The highest BCUT2D eigenvalue weighted by Gasteiger charge is 2.15. The van der Waals surface area contributed by atoms with Crippen LogP contribution in [0, 0.1) is 0 Å². The van der Waals surface area contributed by atoms with Crippen molar-refractivity contribution in [2.24, 2.45) is 7.05 Å². The molecule has 1 aliphatic rings. The molecule has 0 amide bonds. The highest BCUT2D eigenvalue weighted by atomic mass is 32.3. The van der Waals surface area contributed by atoms with Crippen LogP contribution < -0.4 is 0 Å². The van der Waals surface area contributed by atoms with E-state index in [0.717, 1.165) is 6.54 Å². The fourth-order valence-corrected chi connectivity index (χ4v) is 2.34. The number of imidazole rings is 1. The van der Waals surface area contributed by atoms with Crippen molar-refractivity contribution in [1.29, 1.82) is 0 Å². The summed E-state index contributed by atoms with van der Waals surface area (Å²) < 4.78 is 57.5. The second kappa shape index (κ2) is 11.8. The molecule has 2 rings (SSSR count). The van der Waals surface area contributed by atoms with E-state index in [1.54, 1.807) is 12.5 Å². The zero-order chi connectivity index (χ0) is 19.3. The highest BCUT2D eigenvalue weighted by Crippen LogP contribution is 2.00. The Morgan fingerprint density at radius 3 is 2.08 bits per heavy atom. The van der Waals surface area contributed by atoms with E-state index in [-0.39, 0.29) is 0 Å². The maximum atomic E-state index is 9.44. The van der Waals surface area contributed by atoms with Crippen molar-refractivity contribution in [3.05, 3.63) is 43.1 Å². The molecule has 25 heavy (non-hydrogen) atoms. The molecule has 1 aromatic heterocycles. The fraction of sp³-hybridized carbons (Fsp3) is 0.462. The number of hydrogen-bond donors (Lipinski definition) is 2. The van der Waals surface area contributed by atoms with Crippen LogP contribution in [0.1, 0.15) is 19.8 Å². The molecule has 0 unspecified atom stereocenters. The molecule has 10 nitrogen and oxygen atoms in total. The number of nitrogens with zero attached hydrogens (tertiary/aromatic N) is 3. The summed E-state index contributed by atoms with van der Waals surface area (Å²) in [5, 5.41) is 0. The van der Waals surface area contributed by atoms with Gasteiger partial charge in [0.05, 0.1) is 6.33 Å². The molecule has 0 saturated heterocycles. The summed E-state index contributed by atoms with van der Waals surface area (Å²) in [6.45, 7) is 4.53. The first-order valence-corrected chi connectivity index (χ1v) is 9.91. The second-order valence-corrected chi connectivity index (χ2v) is 7.03. The van der Waals surface area contributed by atoms with Gasteiger partial charge in [-0.25, -0.2) is 4.98 Å². The summed E-state index contributed by atoms with van der Waals surface area (Å²) in [4.78, 5) is 6.12. The van der Waals surface area contributed by atoms with Gasteiger partial charge in [0.25, 0.3) is 0 Å². The molecule has 1 aliphatic heterocycles. The van der Waals surface area contributed by atoms with E-state index in [1.807, 2.05) is 17.8 Å². The third-order valence-electron chi connectivity index (χ3n) is 2.49. The number of allylic oxidation sites excluding steroid dienone is 2. The van der Waals surface area contributed by atoms with Crippen LogP contribution in [0.15, 0.2) is 43.1 Å². The average molecular weight is 397 g/mol. The van der Waals surface area contributed by atoms with Gasteiger partial charge in [0.2, 0.25) is 0 Å². The Morgan fingerprint density at radius 1 is 1.16 bits per heavy atom. The number of unbranched alkanes of at least 4 members (excludes halogenated alkanes) is 1. The number of aryl methyl sites for hydroxylation is 1. The molecule has 0 aliphatic carbocycles. The lowest BCUT2D eigenvalue weighted by Gasteiger charge is -2.19. The van der Waals surface area contributed by atoms with Gasteiger partial charge in [-0.3, -0.25) is 9.11 Å². The summed E-state index contributed by atoms with van der Waals surface area (Å²) in [5.41, 5.74) is 0. The van der Waals surface area contributed by atoms with Crippen molar-refractivity contribution in [2.75, 3.05) is 13.1 Å². The van der Waals surface area contributed by atoms with E-state index < -0.39 is 20.8 Å². The van der Waals surface area contributed by atoms with Crippen LogP contribution in [0.25, 0.3) is 0 Å². The lowest BCUT2D eigenvalue weighted by atomic mass is 10.3. The monoisotopic (exact) mass is 397 g/mol. The Kier molecular flexibility index (Phi) is 10.9. The van der Waals surface area contributed by atoms with E-state index in [4.69, 9.17) is 9.11 Å². The quantitative estimate of drug-likeness (QED) is 0.701. The lowest BCUT2D eigenvalue weighted by Crippen LogP contribution is -2.19. The Balaban J connectivity index is 0.000000356. The van der Waals surface area contributed by atoms with E-state index in [2.05, 4.69) is 44.9 Å². The molecular weight excluding hydrogens is 374 g/mol. The van der Waals surface area contributed by atoms with Crippen LogP contribution in [0.4, 0.5) is 0 Å². The predicted molar refractivity (Wildman–Crippen MR) is 92.2 cm³/mol. The Hall–Kier alpha value is -1.73. The molecule has 1 aromatic rings. The van der Waals surface area contributed by atoms with Gasteiger partial charge in [0, 0.05) is 32.5 Å². The maximum Gasteiger partial charge on any atom is 0.413 e. The van der Waals surface area contributed by atoms with Crippen LogP contribution in [0.5, 0.6) is 0 Å². The Bertz CT molecular complexity index is 696. The number of hydrogen-bond acceptors (Lipinski definition) is 7. The van der Waals surface area contributed by atoms with Gasteiger partial charge in [-0.05, 0) is 18.7 Å². The summed E-state index contributed by atoms with van der Waals surface area (Å²) in [7, 11) is -8.30. The molecule has 0 spiro atoms. The van der Waals surface area contributed by atoms with Crippen molar-refractivity contribution in [3.63, 3.8) is 0 Å². The predicted octanol–water partition coefficient (Wildman–Crippen LogP) is 1.20. The molecule has 2 N–H and O–H groups in total. The number of aromatic nitrogens is 2. The molecule has 0 bridgehead atoms. The normalized spacial score (nSPS) is 13.5. The Morgan fingerprint density at radius 2 is 1.80 bits per heavy atom. The van der Waals surface area contributed by atoms with Gasteiger partial charge in [-0.2, -0.15) is 16.8 Å². The zero-order valence-corrected chi connectivity index (χ0v) is 15.6. The molecule has 0 atom stereocenters. The summed E-state index contributed by atoms with van der Waals surface area (Å²) in [5.74, 6) is 0. The first-order chi connectivity index (χ1) is 11.5. The van der Waals surface area contributed by atoms with Crippen LogP contribution in [-0.4, -0.2) is 53.5 Å². The second-order valence-electron chi connectivity index (χ2n) is 4.77. The van der Waals surface area contributed by atoms with Gasteiger partial charge in [0.1, 0.15) is 0 Å². The lowest BCUT2D eigenvalue weighted by molar-refractivity contribution is 0.344. The van der Waals surface area contributed by atoms with Gasteiger partial charge in [-0.15, -0.1) is 3.63 Å². The van der Waals surface area contributed by atoms with Crippen molar-refractivity contribution in [2.45, 2.75) is 19.8 Å². The minimum Gasteiger partial charge on any atom is -0.374 e. The minimum absolute atomic E-state index is 1.09. The maximum absolute atomic E-state index is 9.44. The van der Waals surface area contributed by atoms with Crippen LogP contribution in [-0.2, 0) is 31.5 Å². The van der Waals surface area contributed by atoms with Gasteiger partial charge in [-0.1, -0.05) is 25.5 Å². The average Bonchev–Trinajstić information content (AvgIpc) is 2.95. The first kappa shape index (κ1) is 23.3. The van der Waals surface area contributed by atoms with Crippen molar-refractivity contribution < 1.29 is 29.6 Å². The molecule has 0 aromatic carbocycles. The molecule has 2 heterocycles. The van der Waals surface area contributed by atoms with Gasteiger partial charge >= 0.3 is 20.8 Å². The number of rotatable bonds is 5. The van der Waals surface area contributed by atoms with Crippen molar-refractivity contribution >= 4 is 20.8 Å². The third-order valence-corrected chi connectivity index (χ3v) is 3.87. The largest absolute Gasteiger partial charge is 0.413 e. The molecule has 144 valence electrons. The van der Waals surface area contributed by atoms with E-state index >= 15 is 0 Å². The molecule has 0 fully saturated rings.